The largest absolute Gasteiger partial charge is 0.356 e. The van der Waals surface area contributed by atoms with Crippen molar-refractivity contribution in [3.05, 3.63) is 0 Å². The average Bonchev–Trinajstić information content (AvgIpc) is 1.97. The van der Waals surface area contributed by atoms with Gasteiger partial charge < -0.3 is 11.1 Å². The summed E-state index contributed by atoms with van der Waals surface area (Å²) in [6, 6.07) is 0. The molecule has 0 atom stereocenters. The third-order valence-electron chi connectivity index (χ3n) is 2.68. The van der Waals surface area contributed by atoms with Crippen molar-refractivity contribution in [1.29, 1.82) is 0 Å². The van der Waals surface area contributed by atoms with E-state index in [0.29, 0.717) is 6.42 Å². The second-order valence-electron chi connectivity index (χ2n) is 5.73. The fraction of sp³-hybridized carbons (Fsp3) is 0.909. The van der Waals surface area contributed by atoms with Gasteiger partial charge in [-0.05, 0) is 24.7 Å². The van der Waals surface area contributed by atoms with Crippen LogP contribution in [-0.2, 0) is 4.79 Å². The lowest BCUT2D eigenvalue weighted by Crippen LogP contribution is -2.50. The molecule has 0 aromatic rings. The van der Waals surface area contributed by atoms with Crippen LogP contribution >= 0.6 is 0 Å². The molecule has 0 aromatic carbocycles. The first-order valence-corrected chi connectivity index (χ1v) is 5.36. The second kappa shape index (κ2) is 3.89. The molecular weight excluding hydrogens is 176 g/mol. The van der Waals surface area contributed by atoms with Crippen LogP contribution in [0.25, 0.3) is 0 Å². The monoisotopic (exact) mass is 198 g/mol. The summed E-state index contributed by atoms with van der Waals surface area (Å²) in [7, 11) is 0. The van der Waals surface area contributed by atoms with E-state index in [1.165, 1.54) is 6.42 Å². The zero-order valence-electron chi connectivity index (χ0n) is 9.52. The first kappa shape index (κ1) is 11.5. The molecule has 0 saturated heterocycles. The second-order valence-corrected chi connectivity index (χ2v) is 5.73. The van der Waals surface area contributed by atoms with Crippen molar-refractivity contribution in [2.75, 3.05) is 6.54 Å². The van der Waals surface area contributed by atoms with E-state index < -0.39 is 0 Å². The summed E-state index contributed by atoms with van der Waals surface area (Å²) in [5, 5.41) is 2.93. The van der Waals surface area contributed by atoms with E-state index in [9.17, 15) is 4.79 Å². The minimum Gasteiger partial charge on any atom is -0.356 e. The number of nitrogens with two attached hydrogens (primary N) is 1. The maximum Gasteiger partial charge on any atom is 0.221 e. The van der Waals surface area contributed by atoms with Gasteiger partial charge in [-0.2, -0.15) is 0 Å². The minimum atomic E-state index is -0.192. The molecule has 1 amide bonds. The van der Waals surface area contributed by atoms with Crippen molar-refractivity contribution in [2.45, 2.75) is 52.0 Å². The van der Waals surface area contributed by atoms with Crippen molar-refractivity contribution in [3.8, 4) is 0 Å². The van der Waals surface area contributed by atoms with Gasteiger partial charge in [-0.1, -0.05) is 20.8 Å². The molecule has 0 aliphatic heterocycles. The minimum absolute atomic E-state index is 0.0992. The lowest BCUT2D eigenvalue weighted by Gasteiger charge is -2.37. The van der Waals surface area contributed by atoms with Gasteiger partial charge in [-0.3, -0.25) is 4.79 Å². The van der Waals surface area contributed by atoms with Gasteiger partial charge in [-0.25, -0.2) is 0 Å². The lowest BCUT2D eigenvalue weighted by molar-refractivity contribution is -0.123. The fourth-order valence-electron chi connectivity index (χ4n) is 1.55. The van der Waals surface area contributed by atoms with Crippen LogP contribution in [0.2, 0.25) is 0 Å². The molecular formula is C11H22N2O. The highest BCUT2D eigenvalue weighted by atomic mass is 16.1. The Bertz CT molecular complexity index is 214. The molecule has 1 saturated carbocycles. The van der Waals surface area contributed by atoms with Crippen LogP contribution in [0.15, 0.2) is 0 Å². The van der Waals surface area contributed by atoms with E-state index in [2.05, 4.69) is 26.1 Å². The number of rotatable bonds is 3. The summed E-state index contributed by atoms with van der Waals surface area (Å²) in [5.74, 6) is 0.0992. The zero-order chi connectivity index (χ0) is 10.8. The number of hydrogen-bond acceptors (Lipinski definition) is 2. The number of carbonyl (C=O) groups excluding carboxylic acids is 1. The summed E-state index contributed by atoms with van der Waals surface area (Å²) >= 11 is 0. The highest BCUT2D eigenvalue weighted by Crippen LogP contribution is 2.31. The fourth-order valence-corrected chi connectivity index (χ4v) is 1.55. The zero-order valence-corrected chi connectivity index (χ0v) is 9.52. The Kier molecular flexibility index (Phi) is 3.20. The molecule has 3 nitrogen and oxygen atoms in total. The molecule has 1 fully saturated rings. The van der Waals surface area contributed by atoms with Crippen molar-refractivity contribution in [1.82, 2.24) is 5.32 Å². The molecule has 1 aliphatic rings. The van der Waals surface area contributed by atoms with Crippen molar-refractivity contribution < 1.29 is 4.79 Å². The summed E-state index contributed by atoms with van der Waals surface area (Å²) in [5.41, 5.74) is 5.94. The molecule has 1 rings (SSSR count). The Morgan fingerprint density at radius 2 is 2.00 bits per heavy atom. The van der Waals surface area contributed by atoms with Crippen LogP contribution in [0.3, 0.4) is 0 Å². The van der Waals surface area contributed by atoms with Crippen LogP contribution in [0.4, 0.5) is 0 Å². The molecule has 1 aliphatic carbocycles. The maximum absolute atomic E-state index is 11.5. The Morgan fingerprint density at radius 3 is 2.36 bits per heavy atom. The van der Waals surface area contributed by atoms with Gasteiger partial charge in [0.25, 0.3) is 0 Å². The van der Waals surface area contributed by atoms with E-state index in [4.69, 9.17) is 5.73 Å². The third kappa shape index (κ3) is 3.66. The number of hydrogen-bond donors (Lipinski definition) is 2. The molecule has 82 valence electrons. The predicted molar refractivity (Wildman–Crippen MR) is 57.9 cm³/mol. The van der Waals surface area contributed by atoms with E-state index in [-0.39, 0.29) is 16.9 Å². The van der Waals surface area contributed by atoms with E-state index >= 15 is 0 Å². The number of nitrogens with one attached hydrogen (secondary N) is 1. The van der Waals surface area contributed by atoms with Crippen LogP contribution in [0.1, 0.15) is 46.5 Å². The Balaban J connectivity index is 2.22. The van der Waals surface area contributed by atoms with Gasteiger partial charge in [0.2, 0.25) is 5.91 Å². The standard InChI is InChI=1S/C11H22N2O/c1-10(2,3)8-13-9(14)7-11(12)5-4-6-11/h4-8,12H2,1-3H3,(H,13,14). The topological polar surface area (TPSA) is 55.1 Å². The Labute approximate surface area is 86.4 Å². The molecule has 3 heteroatoms. The first-order chi connectivity index (χ1) is 6.31. The quantitative estimate of drug-likeness (QED) is 0.720. The summed E-state index contributed by atoms with van der Waals surface area (Å²) in [6.07, 6.45) is 3.65. The van der Waals surface area contributed by atoms with Crippen molar-refractivity contribution in [3.63, 3.8) is 0 Å². The van der Waals surface area contributed by atoms with Gasteiger partial charge in [0.1, 0.15) is 0 Å². The third-order valence-corrected chi connectivity index (χ3v) is 2.68. The average molecular weight is 198 g/mol. The Hall–Kier alpha value is -0.570. The van der Waals surface area contributed by atoms with Crippen LogP contribution < -0.4 is 11.1 Å². The number of amides is 1. The molecule has 0 unspecified atom stereocenters. The molecule has 14 heavy (non-hydrogen) atoms. The van der Waals surface area contributed by atoms with E-state index in [1.807, 2.05) is 0 Å². The highest BCUT2D eigenvalue weighted by Gasteiger charge is 2.34. The molecule has 0 bridgehead atoms. The highest BCUT2D eigenvalue weighted by molar-refractivity contribution is 5.77. The van der Waals surface area contributed by atoms with E-state index in [1.54, 1.807) is 0 Å². The molecule has 3 N–H and O–H groups in total. The van der Waals surface area contributed by atoms with Gasteiger partial charge in [0, 0.05) is 18.5 Å². The SMILES string of the molecule is CC(C)(C)CNC(=O)CC1(N)CCC1. The van der Waals surface area contributed by atoms with Crippen molar-refractivity contribution in [2.24, 2.45) is 11.1 Å². The van der Waals surface area contributed by atoms with E-state index in [0.717, 1.165) is 19.4 Å². The Morgan fingerprint density at radius 1 is 1.43 bits per heavy atom. The van der Waals surface area contributed by atoms with Crippen LogP contribution in [-0.4, -0.2) is 18.0 Å². The number of carbonyl (C=O) groups is 1. The molecule has 0 spiro atoms. The normalized spacial score (nSPS) is 20.0. The molecule has 0 aromatic heterocycles. The predicted octanol–water partition coefficient (Wildman–Crippen LogP) is 1.42. The van der Waals surface area contributed by atoms with Crippen LogP contribution in [0.5, 0.6) is 0 Å². The van der Waals surface area contributed by atoms with Gasteiger partial charge in [-0.15, -0.1) is 0 Å². The van der Waals surface area contributed by atoms with Gasteiger partial charge >= 0.3 is 0 Å². The van der Waals surface area contributed by atoms with Gasteiger partial charge in [0.05, 0.1) is 0 Å². The summed E-state index contributed by atoms with van der Waals surface area (Å²) < 4.78 is 0. The van der Waals surface area contributed by atoms with Crippen LogP contribution in [0, 0.1) is 5.41 Å². The van der Waals surface area contributed by atoms with Crippen molar-refractivity contribution >= 4 is 5.91 Å². The molecule has 0 radical (unpaired) electrons. The molecule has 0 heterocycles. The maximum atomic E-state index is 11.5. The van der Waals surface area contributed by atoms with Gasteiger partial charge in [0.15, 0.2) is 0 Å². The lowest BCUT2D eigenvalue weighted by atomic mass is 9.75. The first-order valence-electron chi connectivity index (χ1n) is 5.36. The summed E-state index contributed by atoms with van der Waals surface area (Å²) in [6.45, 7) is 7.04. The smallest absolute Gasteiger partial charge is 0.221 e. The summed E-state index contributed by atoms with van der Waals surface area (Å²) in [4.78, 5) is 11.5.